The summed E-state index contributed by atoms with van der Waals surface area (Å²) in [5.74, 6) is 0.841. The Balaban J connectivity index is 1.41. The van der Waals surface area contributed by atoms with Gasteiger partial charge in [-0.05, 0) is 52.2 Å². The molecular weight excluding hydrogens is 340 g/mol. The fourth-order valence-electron chi connectivity index (χ4n) is 3.80. The summed E-state index contributed by atoms with van der Waals surface area (Å²) < 4.78 is 2.10. The van der Waals surface area contributed by atoms with Crippen molar-refractivity contribution < 1.29 is 4.79 Å². The van der Waals surface area contributed by atoms with Gasteiger partial charge in [-0.3, -0.25) is 9.48 Å². The lowest BCUT2D eigenvalue weighted by Gasteiger charge is -2.28. The van der Waals surface area contributed by atoms with Crippen molar-refractivity contribution in [2.75, 3.05) is 0 Å². The maximum Gasteiger partial charge on any atom is 0.220 e. The molecule has 7 heteroatoms. The van der Waals surface area contributed by atoms with Crippen LogP contribution in [-0.4, -0.2) is 30.6 Å². The molecule has 7 nitrogen and oxygen atoms in total. The van der Waals surface area contributed by atoms with E-state index in [1.165, 1.54) is 5.69 Å². The normalized spacial score (nSPS) is 17.1. The first kappa shape index (κ1) is 17.7. The lowest BCUT2D eigenvalue weighted by Crippen LogP contribution is -2.32. The van der Waals surface area contributed by atoms with Crippen LogP contribution >= 0.6 is 0 Å². The molecular formula is C20H26N6O. The average Bonchev–Trinajstić information content (AvgIpc) is 3.24. The van der Waals surface area contributed by atoms with E-state index in [1.54, 1.807) is 6.20 Å². The van der Waals surface area contributed by atoms with Crippen LogP contribution < -0.4 is 5.32 Å². The van der Waals surface area contributed by atoms with Gasteiger partial charge in [-0.2, -0.15) is 5.10 Å². The van der Waals surface area contributed by atoms with Crippen LogP contribution in [0, 0.1) is 0 Å². The fourth-order valence-corrected chi connectivity index (χ4v) is 3.80. The SMILES string of the molecule is CC(C)(C)n1ncc2c1CCCC2NC(=O)CCc1nc2ncccc2[nH]1. The van der Waals surface area contributed by atoms with E-state index >= 15 is 0 Å². The number of pyridine rings is 1. The lowest BCUT2D eigenvalue weighted by atomic mass is 9.92. The molecule has 3 heterocycles. The Labute approximate surface area is 158 Å². The molecule has 1 aliphatic carbocycles. The van der Waals surface area contributed by atoms with Crippen molar-refractivity contribution in [3.05, 3.63) is 41.6 Å². The number of fused-ring (bicyclic) bond motifs is 2. The maximum absolute atomic E-state index is 12.5. The summed E-state index contributed by atoms with van der Waals surface area (Å²) in [6.07, 6.45) is 7.67. The molecule has 0 fully saturated rings. The Morgan fingerprint density at radius 2 is 2.26 bits per heavy atom. The van der Waals surface area contributed by atoms with E-state index in [1.807, 2.05) is 18.3 Å². The van der Waals surface area contributed by atoms with Crippen LogP contribution in [0.3, 0.4) is 0 Å². The van der Waals surface area contributed by atoms with Crippen LogP contribution in [-0.2, 0) is 23.2 Å². The van der Waals surface area contributed by atoms with E-state index in [0.29, 0.717) is 18.5 Å². The molecule has 0 spiro atoms. The highest BCUT2D eigenvalue weighted by molar-refractivity contribution is 5.77. The third-order valence-corrected chi connectivity index (χ3v) is 5.05. The van der Waals surface area contributed by atoms with E-state index in [-0.39, 0.29) is 17.5 Å². The van der Waals surface area contributed by atoms with Crippen LogP contribution in [0.15, 0.2) is 24.5 Å². The molecule has 27 heavy (non-hydrogen) atoms. The smallest absolute Gasteiger partial charge is 0.220 e. The summed E-state index contributed by atoms with van der Waals surface area (Å²) in [7, 11) is 0. The number of imidazole rings is 1. The number of rotatable bonds is 4. The van der Waals surface area contributed by atoms with Gasteiger partial charge in [0.25, 0.3) is 0 Å². The second-order valence-electron chi connectivity index (χ2n) is 8.20. The topological polar surface area (TPSA) is 88.5 Å². The molecule has 1 aliphatic rings. The minimum Gasteiger partial charge on any atom is -0.349 e. The molecule has 0 aliphatic heterocycles. The zero-order chi connectivity index (χ0) is 19.0. The van der Waals surface area contributed by atoms with Gasteiger partial charge in [0.05, 0.1) is 23.3 Å². The van der Waals surface area contributed by atoms with E-state index in [9.17, 15) is 4.79 Å². The Hall–Kier alpha value is -2.70. The van der Waals surface area contributed by atoms with Gasteiger partial charge in [0.1, 0.15) is 5.82 Å². The Bertz CT molecular complexity index is 931. The van der Waals surface area contributed by atoms with Crippen LogP contribution in [0.25, 0.3) is 11.2 Å². The molecule has 4 rings (SSSR count). The molecule has 0 bridgehead atoms. The third kappa shape index (κ3) is 3.59. The van der Waals surface area contributed by atoms with Gasteiger partial charge in [0, 0.05) is 30.3 Å². The Kier molecular flexibility index (Phi) is 4.45. The third-order valence-electron chi connectivity index (χ3n) is 5.05. The first-order valence-corrected chi connectivity index (χ1v) is 9.58. The second kappa shape index (κ2) is 6.79. The van der Waals surface area contributed by atoms with Gasteiger partial charge in [-0.15, -0.1) is 0 Å². The van der Waals surface area contributed by atoms with E-state index in [2.05, 4.69) is 50.8 Å². The molecule has 3 aromatic rings. The van der Waals surface area contributed by atoms with Gasteiger partial charge in [0.2, 0.25) is 5.91 Å². The molecule has 0 radical (unpaired) electrons. The quantitative estimate of drug-likeness (QED) is 0.743. The number of nitrogens with zero attached hydrogens (tertiary/aromatic N) is 4. The van der Waals surface area contributed by atoms with E-state index in [0.717, 1.165) is 36.2 Å². The van der Waals surface area contributed by atoms with Gasteiger partial charge in [-0.25, -0.2) is 9.97 Å². The van der Waals surface area contributed by atoms with Crippen LogP contribution in [0.4, 0.5) is 0 Å². The Morgan fingerprint density at radius 1 is 1.41 bits per heavy atom. The van der Waals surface area contributed by atoms with Crippen LogP contribution in [0.5, 0.6) is 0 Å². The lowest BCUT2D eigenvalue weighted by molar-refractivity contribution is -0.121. The van der Waals surface area contributed by atoms with Crippen LogP contribution in [0.1, 0.15) is 63.2 Å². The molecule has 0 saturated carbocycles. The van der Waals surface area contributed by atoms with Crippen molar-refractivity contribution >= 4 is 17.1 Å². The number of carbonyl (C=O) groups is 1. The minimum atomic E-state index is -0.0468. The fraction of sp³-hybridized carbons (Fsp3) is 0.500. The second-order valence-corrected chi connectivity index (χ2v) is 8.20. The number of amides is 1. The molecule has 0 saturated heterocycles. The molecule has 1 atom stereocenters. The van der Waals surface area contributed by atoms with E-state index < -0.39 is 0 Å². The number of aromatic nitrogens is 5. The molecule has 3 aromatic heterocycles. The predicted octanol–water partition coefficient (Wildman–Crippen LogP) is 3.04. The van der Waals surface area contributed by atoms with E-state index in [4.69, 9.17) is 0 Å². The highest BCUT2D eigenvalue weighted by Crippen LogP contribution is 2.32. The van der Waals surface area contributed by atoms with Crippen LogP contribution in [0.2, 0.25) is 0 Å². The van der Waals surface area contributed by atoms with Crippen molar-refractivity contribution in [1.29, 1.82) is 0 Å². The number of carbonyl (C=O) groups excluding carboxylic acids is 1. The number of nitrogens with one attached hydrogen (secondary N) is 2. The Morgan fingerprint density at radius 3 is 3.04 bits per heavy atom. The number of hydrogen-bond donors (Lipinski definition) is 2. The summed E-state index contributed by atoms with van der Waals surface area (Å²) in [6.45, 7) is 6.47. The highest BCUT2D eigenvalue weighted by Gasteiger charge is 2.28. The molecule has 1 unspecified atom stereocenters. The van der Waals surface area contributed by atoms with Crippen molar-refractivity contribution in [1.82, 2.24) is 30.0 Å². The van der Waals surface area contributed by atoms with Crippen molar-refractivity contribution in [2.45, 2.75) is 64.5 Å². The maximum atomic E-state index is 12.5. The van der Waals surface area contributed by atoms with Crippen molar-refractivity contribution in [3.8, 4) is 0 Å². The molecule has 1 amide bonds. The van der Waals surface area contributed by atoms with Gasteiger partial charge < -0.3 is 10.3 Å². The summed E-state index contributed by atoms with van der Waals surface area (Å²) in [5.41, 5.74) is 3.97. The molecule has 2 N–H and O–H groups in total. The summed E-state index contributed by atoms with van der Waals surface area (Å²) in [5, 5.41) is 7.78. The summed E-state index contributed by atoms with van der Waals surface area (Å²) >= 11 is 0. The summed E-state index contributed by atoms with van der Waals surface area (Å²) in [4.78, 5) is 24.4. The average molecular weight is 366 g/mol. The first-order valence-electron chi connectivity index (χ1n) is 9.58. The zero-order valence-corrected chi connectivity index (χ0v) is 16.1. The van der Waals surface area contributed by atoms with Crippen molar-refractivity contribution in [2.24, 2.45) is 0 Å². The van der Waals surface area contributed by atoms with Gasteiger partial charge in [-0.1, -0.05) is 0 Å². The van der Waals surface area contributed by atoms with Crippen molar-refractivity contribution in [3.63, 3.8) is 0 Å². The first-order chi connectivity index (χ1) is 12.9. The number of aromatic amines is 1. The minimum absolute atomic E-state index is 0.0461. The highest BCUT2D eigenvalue weighted by atomic mass is 16.1. The monoisotopic (exact) mass is 366 g/mol. The molecule has 0 aromatic carbocycles. The number of H-pyrrole nitrogens is 1. The number of hydrogen-bond acceptors (Lipinski definition) is 4. The molecule has 142 valence electrons. The number of aryl methyl sites for hydroxylation is 1. The van der Waals surface area contributed by atoms with Gasteiger partial charge >= 0.3 is 0 Å². The zero-order valence-electron chi connectivity index (χ0n) is 16.1. The van der Waals surface area contributed by atoms with Gasteiger partial charge in [0.15, 0.2) is 5.65 Å². The standard InChI is InChI=1S/C20H26N6O/c1-20(2,3)26-16-8-4-6-14(13(16)12-22-26)24-18(27)10-9-17-23-15-7-5-11-21-19(15)25-17/h5,7,11-12,14H,4,6,8-10H2,1-3H3,(H,24,27)(H,21,23,25). The summed E-state index contributed by atoms with van der Waals surface area (Å²) in [6, 6.07) is 3.86. The largest absolute Gasteiger partial charge is 0.349 e. The predicted molar refractivity (Wildman–Crippen MR) is 103 cm³/mol.